The highest BCUT2D eigenvalue weighted by atomic mass is 16.5. The van der Waals surface area contributed by atoms with Gasteiger partial charge in [0.2, 0.25) is 0 Å². The van der Waals surface area contributed by atoms with Crippen LogP contribution in [-0.4, -0.2) is 65.2 Å². The largest absolute Gasteiger partial charge is 0.461 e. The number of carbonyl (C=O) groups is 1. The first kappa shape index (κ1) is 17.4. The Balaban J connectivity index is 1.68. The van der Waals surface area contributed by atoms with Crippen molar-refractivity contribution in [3.63, 3.8) is 0 Å². The standard InChI is InChI=1S/C19H28NO4/c1-3-20(2)14-9-15(11-17(20)18(22)10-14)24-19(23)16(12-21)13-7-5-4-6-8-13/h4-8,14-18,21-22H,3,9-12H2,1-2H3/q+1/t14-,15-,16+,17-,18+,20-/m0/s1. The third-order valence-corrected chi connectivity index (χ3v) is 6.22. The van der Waals surface area contributed by atoms with E-state index >= 15 is 0 Å². The number of quaternary nitrogens is 1. The van der Waals surface area contributed by atoms with Crippen LogP contribution in [-0.2, 0) is 9.53 Å². The number of ether oxygens (including phenoxy) is 1. The number of carbonyl (C=O) groups excluding carboxylic acids is 1. The highest BCUT2D eigenvalue weighted by Crippen LogP contribution is 2.42. The minimum absolute atomic E-state index is 0.135. The predicted molar refractivity (Wildman–Crippen MR) is 90.3 cm³/mol. The van der Waals surface area contributed by atoms with Gasteiger partial charge in [-0.25, -0.2) is 0 Å². The lowest BCUT2D eigenvalue weighted by Gasteiger charge is -2.46. The SMILES string of the molecule is CC[N@@+]1(C)[C@H]2C[C@H](OC(=O)[C@H](CO)c3ccccc3)C[C@H]1[C@H](O)C2. The first-order valence-electron chi connectivity index (χ1n) is 8.88. The van der Waals surface area contributed by atoms with Crippen LogP contribution in [0.15, 0.2) is 30.3 Å². The zero-order chi connectivity index (χ0) is 17.3. The summed E-state index contributed by atoms with van der Waals surface area (Å²) in [7, 11) is 2.20. The third kappa shape index (κ3) is 2.96. The molecular formula is C19H28NO4+. The molecule has 1 aromatic rings. The van der Waals surface area contributed by atoms with Crippen LogP contribution in [0.3, 0.4) is 0 Å². The Morgan fingerprint density at radius 1 is 1.29 bits per heavy atom. The van der Waals surface area contributed by atoms with Gasteiger partial charge in [0.1, 0.15) is 24.2 Å². The first-order valence-corrected chi connectivity index (χ1v) is 8.88. The minimum atomic E-state index is -0.636. The van der Waals surface area contributed by atoms with Crippen LogP contribution in [0, 0.1) is 0 Å². The summed E-state index contributed by atoms with van der Waals surface area (Å²) in [5.74, 6) is -1.00. The fourth-order valence-electron chi connectivity index (χ4n) is 4.58. The van der Waals surface area contributed by atoms with Crippen molar-refractivity contribution in [2.24, 2.45) is 0 Å². The van der Waals surface area contributed by atoms with E-state index < -0.39 is 5.92 Å². The van der Waals surface area contributed by atoms with E-state index in [-0.39, 0.29) is 30.8 Å². The average Bonchev–Trinajstić information content (AvgIpc) is 2.71. The minimum Gasteiger partial charge on any atom is -0.461 e. The number of hydrogen-bond donors (Lipinski definition) is 2. The molecule has 6 atom stereocenters. The van der Waals surface area contributed by atoms with Crippen LogP contribution in [0.1, 0.15) is 37.7 Å². The zero-order valence-corrected chi connectivity index (χ0v) is 14.5. The van der Waals surface area contributed by atoms with E-state index in [0.29, 0.717) is 12.5 Å². The summed E-state index contributed by atoms with van der Waals surface area (Å²) in [4.78, 5) is 12.5. The number of hydrogen-bond acceptors (Lipinski definition) is 4. The van der Waals surface area contributed by atoms with Crippen molar-refractivity contribution in [3.05, 3.63) is 35.9 Å². The van der Waals surface area contributed by atoms with Crippen LogP contribution < -0.4 is 0 Å². The van der Waals surface area contributed by atoms with E-state index in [1.807, 2.05) is 30.3 Å². The van der Waals surface area contributed by atoms with Crippen molar-refractivity contribution in [1.29, 1.82) is 0 Å². The van der Waals surface area contributed by atoms with Crippen molar-refractivity contribution >= 4 is 5.97 Å². The van der Waals surface area contributed by atoms with E-state index in [0.717, 1.165) is 29.4 Å². The molecule has 2 N–H and O–H groups in total. The van der Waals surface area contributed by atoms with Gasteiger partial charge in [-0.1, -0.05) is 30.3 Å². The molecule has 132 valence electrons. The van der Waals surface area contributed by atoms with Gasteiger partial charge in [0.15, 0.2) is 0 Å². The molecule has 2 saturated heterocycles. The second kappa shape index (κ2) is 6.82. The lowest BCUT2D eigenvalue weighted by molar-refractivity contribution is -0.949. The Bertz CT molecular complexity index is 578. The molecule has 2 aliphatic rings. The van der Waals surface area contributed by atoms with Gasteiger partial charge in [0.05, 0.1) is 26.2 Å². The molecule has 2 heterocycles. The quantitative estimate of drug-likeness (QED) is 0.632. The Morgan fingerprint density at radius 3 is 2.58 bits per heavy atom. The fraction of sp³-hybridized carbons (Fsp3) is 0.632. The number of aliphatic hydroxyl groups excluding tert-OH is 2. The van der Waals surface area contributed by atoms with E-state index in [2.05, 4.69) is 14.0 Å². The fourth-order valence-corrected chi connectivity index (χ4v) is 4.58. The summed E-state index contributed by atoms with van der Waals surface area (Å²) < 4.78 is 6.62. The summed E-state index contributed by atoms with van der Waals surface area (Å²) in [6, 6.07) is 9.73. The molecule has 24 heavy (non-hydrogen) atoms. The monoisotopic (exact) mass is 334 g/mol. The molecule has 0 unspecified atom stereocenters. The zero-order valence-electron chi connectivity index (χ0n) is 14.5. The van der Waals surface area contributed by atoms with E-state index in [1.165, 1.54) is 0 Å². The highest BCUT2D eigenvalue weighted by molar-refractivity contribution is 5.78. The maximum atomic E-state index is 12.5. The number of aliphatic hydroxyl groups is 2. The Morgan fingerprint density at radius 2 is 2.00 bits per heavy atom. The molecule has 2 aliphatic heterocycles. The highest BCUT2D eigenvalue weighted by Gasteiger charge is 2.56. The van der Waals surface area contributed by atoms with Crippen LogP contribution in [0.2, 0.25) is 0 Å². The Hall–Kier alpha value is -1.43. The average molecular weight is 334 g/mol. The normalized spacial score (nSPS) is 36.3. The molecule has 0 aromatic heterocycles. The second-order valence-corrected chi connectivity index (χ2v) is 7.36. The molecule has 0 radical (unpaired) electrons. The summed E-state index contributed by atoms with van der Waals surface area (Å²) in [6.45, 7) is 2.88. The smallest absolute Gasteiger partial charge is 0.316 e. The second-order valence-electron chi connectivity index (χ2n) is 7.36. The maximum absolute atomic E-state index is 12.5. The number of piperidine rings is 1. The van der Waals surface area contributed by atoms with Gasteiger partial charge < -0.3 is 19.4 Å². The van der Waals surface area contributed by atoms with Gasteiger partial charge in [-0.3, -0.25) is 4.79 Å². The molecule has 5 nitrogen and oxygen atoms in total. The van der Waals surface area contributed by atoms with Crippen LogP contribution in [0.5, 0.6) is 0 Å². The first-order chi connectivity index (χ1) is 11.5. The number of likely N-dealkylation sites (N-methyl/N-ethyl adjacent to an activating group) is 1. The molecule has 0 amide bonds. The summed E-state index contributed by atoms with van der Waals surface area (Å²) >= 11 is 0. The topological polar surface area (TPSA) is 66.8 Å². The van der Waals surface area contributed by atoms with Gasteiger partial charge >= 0.3 is 5.97 Å². The Labute approximate surface area is 143 Å². The summed E-state index contributed by atoms with van der Waals surface area (Å²) in [5, 5.41) is 20.0. The van der Waals surface area contributed by atoms with Gasteiger partial charge in [-0.15, -0.1) is 0 Å². The lowest BCUT2D eigenvalue weighted by atomic mass is 9.95. The van der Waals surface area contributed by atoms with E-state index in [9.17, 15) is 15.0 Å². The molecule has 2 bridgehead atoms. The molecule has 0 spiro atoms. The van der Waals surface area contributed by atoms with Crippen molar-refractivity contribution < 1.29 is 24.2 Å². The van der Waals surface area contributed by atoms with E-state index in [4.69, 9.17) is 4.74 Å². The summed E-state index contributed by atoms with van der Waals surface area (Å²) in [5.41, 5.74) is 0.776. The lowest BCUT2D eigenvalue weighted by Crippen LogP contribution is -2.60. The Kier molecular flexibility index (Phi) is 4.95. The van der Waals surface area contributed by atoms with Crippen LogP contribution in [0.25, 0.3) is 0 Å². The van der Waals surface area contributed by atoms with Gasteiger partial charge in [0.25, 0.3) is 0 Å². The number of rotatable bonds is 5. The molecule has 5 heteroatoms. The molecule has 3 rings (SSSR count). The van der Waals surface area contributed by atoms with Crippen LogP contribution >= 0.6 is 0 Å². The maximum Gasteiger partial charge on any atom is 0.316 e. The number of fused-ring (bicyclic) bond motifs is 2. The predicted octanol–water partition coefficient (Wildman–Crippen LogP) is 1.44. The summed E-state index contributed by atoms with van der Waals surface area (Å²) in [6.07, 6.45) is 1.79. The number of nitrogens with zero attached hydrogens (tertiary/aromatic N) is 1. The van der Waals surface area contributed by atoms with Crippen molar-refractivity contribution in [1.82, 2.24) is 0 Å². The third-order valence-electron chi connectivity index (χ3n) is 6.22. The van der Waals surface area contributed by atoms with Crippen molar-refractivity contribution in [2.45, 2.75) is 56.4 Å². The van der Waals surface area contributed by atoms with Crippen LogP contribution in [0.4, 0.5) is 0 Å². The van der Waals surface area contributed by atoms with Crippen molar-refractivity contribution in [2.75, 3.05) is 20.2 Å². The molecule has 1 aromatic carbocycles. The molecule has 0 saturated carbocycles. The number of esters is 1. The van der Waals surface area contributed by atoms with Gasteiger partial charge in [-0.2, -0.15) is 0 Å². The van der Waals surface area contributed by atoms with Gasteiger partial charge in [0, 0.05) is 19.3 Å². The molecule has 2 fully saturated rings. The number of benzene rings is 1. The molecule has 0 aliphatic carbocycles. The van der Waals surface area contributed by atoms with Crippen molar-refractivity contribution in [3.8, 4) is 0 Å². The molecular weight excluding hydrogens is 306 g/mol. The van der Waals surface area contributed by atoms with Gasteiger partial charge in [-0.05, 0) is 12.5 Å². The van der Waals surface area contributed by atoms with E-state index in [1.54, 1.807) is 0 Å².